The highest BCUT2D eigenvalue weighted by atomic mass is 79.9. The molecule has 2 atom stereocenters. The fourth-order valence-corrected chi connectivity index (χ4v) is 2.65. The van der Waals surface area contributed by atoms with Gasteiger partial charge in [0.15, 0.2) is 0 Å². The molecule has 0 amide bonds. The van der Waals surface area contributed by atoms with Crippen molar-refractivity contribution in [3.05, 3.63) is 34.9 Å². The number of rotatable bonds is 3. The Bertz CT molecular complexity index is 343. The zero-order chi connectivity index (χ0) is 11.1. The van der Waals surface area contributed by atoms with Crippen LogP contribution in [-0.2, 0) is 0 Å². The SMILES string of the molecule is CC(O)(C1CC1)C(Br)c1ccc(Cl)cc1. The van der Waals surface area contributed by atoms with Gasteiger partial charge in [0.25, 0.3) is 0 Å². The van der Waals surface area contributed by atoms with Crippen LogP contribution in [0.4, 0.5) is 0 Å². The van der Waals surface area contributed by atoms with Crippen molar-refractivity contribution in [1.29, 1.82) is 0 Å². The van der Waals surface area contributed by atoms with E-state index >= 15 is 0 Å². The second-order valence-corrected chi connectivity index (χ2v) is 5.77. The van der Waals surface area contributed by atoms with E-state index in [0.717, 1.165) is 23.4 Å². The molecule has 0 bridgehead atoms. The Hall–Kier alpha value is -0.0500. The Kier molecular flexibility index (Phi) is 3.11. The van der Waals surface area contributed by atoms with Crippen LogP contribution in [0.1, 0.15) is 30.2 Å². The van der Waals surface area contributed by atoms with Crippen LogP contribution in [0, 0.1) is 5.92 Å². The first-order chi connectivity index (χ1) is 7.01. The molecule has 0 saturated heterocycles. The fraction of sp³-hybridized carbons (Fsp3) is 0.500. The van der Waals surface area contributed by atoms with Gasteiger partial charge in [-0.05, 0) is 43.4 Å². The Balaban J connectivity index is 2.19. The molecule has 1 aromatic carbocycles. The zero-order valence-corrected chi connectivity index (χ0v) is 10.9. The molecule has 1 nitrogen and oxygen atoms in total. The van der Waals surface area contributed by atoms with Gasteiger partial charge in [-0.2, -0.15) is 0 Å². The molecular weight excluding hydrogens is 275 g/mol. The Morgan fingerprint density at radius 2 is 1.93 bits per heavy atom. The Morgan fingerprint density at radius 1 is 1.40 bits per heavy atom. The number of halogens is 2. The lowest BCUT2D eigenvalue weighted by Gasteiger charge is -2.29. The van der Waals surface area contributed by atoms with Crippen LogP contribution in [0.5, 0.6) is 0 Å². The van der Waals surface area contributed by atoms with Gasteiger partial charge in [-0.3, -0.25) is 0 Å². The summed E-state index contributed by atoms with van der Waals surface area (Å²) in [5.74, 6) is 0.428. The highest BCUT2D eigenvalue weighted by molar-refractivity contribution is 9.09. The average molecular weight is 290 g/mol. The predicted octanol–water partition coefficient (Wildman–Crippen LogP) is 3.94. The van der Waals surface area contributed by atoms with E-state index in [9.17, 15) is 5.11 Å². The van der Waals surface area contributed by atoms with E-state index in [-0.39, 0.29) is 4.83 Å². The molecular formula is C12H14BrClO. The molecule has 3 heteroatoms. The molecule has 0 aliphatic heterocycles. The molecule has 1 aliphatic carbocycles. The zero-order valence-electron chi connectivity index (χ0n) is 8.58. The maximum atomic E-state index is 10.4. The largest absolute Gasteiger partial charge is 0.388 e. The van der Waals surface area contributed by atoms with E-state index in [0.29, 0.717) is 5.92 Å². The first-order valence-corrected chi connectivity index (χ1v) is 6.43. The molecule has 2 unspecified atom stereocenters. The van der Waals surface area contributed by atoms with Gasteiger partial charge < -0.3 is 5.11 Å². The third kappa shape index (κ3) is 2.38. The molecule has 15 heavy (non-hydrogen) atoms. The van der Waals surface area contributed by atoms with E-state index < -0.39 is 5.60 Å². The van der Waals surface area contributed by atoms with Crippen molar-refractivity contribution >= 4 is 27.5 Å². The van der Waals surface area contributed by atoms with Gasteiger partial charge in [-0.25, -0.2) is 0 Å². The van der Waals surface area contributed by atoms with E-state index in [4.69, 9.17) is 11.6 Å². The maximum absolute atomic E-state index is 10.4. The minimum Gasteiger partial charge on any atom is -0.388 e. The van der Waals surface area contributed by atoms with Crippen molar-refractivity contribution in [1.82, 2.24) is 0 Å². The summed E-state index contributed by atoms with van der Waals surface area (Å²) >= 11 is 9.41. The quantitative estimate of drug-likeness (QED) is 0.836. The highest BCUT2D eigenvalue weighted by Crippen LogP contribution is 2.49. The molecule has 0 aromatic heterocycles. The van der Waals surface area contributed by atoms with Crippen molar-refractivity contribution in [3.8, 4) is 0 Å². The topological polar surface area (TPSA) is 20.2 Å². The number of aliphatic hydroxyl groups is 1. The summed E-state index contributed by atoms with van der Waals surface area (Å²) in [5, 5.41) is 11.1. The molecule has 1 N–H and O–H groups in total. The minimum absolute atomic E-state index is 0.0187. The first kappa shape index (κ1) is 11.4. The third-order valence-corrected chi connectivity index (χ3v) is 4.79. The van der Waals surface area contributed by atoms with Crippen LogP contribution in [-0.4, -0.2) is 10.7 Å². The van der Waals surface area contributed by atoms with E-state index in [2.05, 4.69) is 15.9 Å². The van der Waals surface area contributed by atoms with Gasteiger partial charge in [0.1, 0.15) is 0 Å². The molecule has 0 radical (unpaired) electrons. The third-order valence-electron chi connectivity index (χ3n) is 3.08. The lowest BCUT2D eigenvalue weighted by Crippen LogP contribution is -2.32. The summed E-state index contributed by atoms with van der Waals surface area (Å²) in [6.07, 6.45) is 2.26. The second kappa shape index (κ2) is 4.08. The molecule has 1 fully saturated rings. The first-order valence-electron chi connectivity index (χ1n) is 5.13. The number of hydrogen-bond acceptors (Lipinski definition) is 1. The lowest BCUT2D eigenvalue weighted by molar-refractivity contribution is 0.0359. The van der Waals surface area contributed by atoms with Crippen LogP contribution >= 0.6 is 27.5 Å². The average Bonchev–Trinajstić information content (AvgIpc) is 3.01. The lowest BCUT2D eigenvalue weighted by atomic mass is 9.92. The minimum atomic E-state index is -0.659. The van der Waals surface area contributed by atoms with Crippen molar-refractivity contribution in [3.63, 3.8) is 0 Å². The predicted molar refractivity (Wildman–Crippen MR) is 66.5 cm³/mol. The number of alkyl halides is 1. The molecule has 2 rings (SSSR count). The Morgan fingerprint density at radius 3 is 2.40 bits per heavy atom. The van der Waals surface area contributed by atoms with Crippen molar-refractivity contribution in [2.24, 2.45) is 5.92 Å². The van der Waals surface area contributed by atoms with E-state index in [1.54, 1.807) is 0 Å². The summed E-state index contributed by atoms with van der Waals surface area (Å²) < 4.78 is 0. The van der Waals surface area contributed by atoms with Gasteiger partial charge in [0.05, 0.1) is 10.4 Å². The monoisotopic (exact) mass is 288 g/mol. The van der Waals surface area contributed by atoms with Crippen LogP contribution in [0.25, 0.3) is 0 Å². The summed E-state index contributed by atoms with van der Waals surface area (Å²) in [6.45, 7) is 1.90. The van der Waals surface area contributed by atoms with Crippen molar-refractivity contribution in [2.45, 2.75) is 30.2 Å². The maximum Gasteiger partial charge on any atom is 0.0812 e. The van der Waals surface area contributed by atoms with Crippen LogP contribution in [0.3, 0.4) is 0 Å². The van der Waals surface area contributed by atoms with Crippen molar-refractivity contribution < 1.29 is 5.11 Å². The van der Waals surface area contributed by atoms with Gasteiger partial charge in [-0.15, -0.1) is 0 Å². The molecule has 0 heterocycles. The van der Waals surface area contributed by atoms with Crippen LogP contribution in [0.2, 0.25) is 5.02 Å². The Labute approximate surface area is 104 Å². The van der Waals surface area contributed by atoms with E-state index in [1.807, 2.05) is 31.2 Å². The summed E-state index contributed by atoms with van der Waals surface area (Å²) in [7, 11) is 0. The van der Waals surface area contributed by atoms with Crippen molar-refractivity contribution in [2.75, 3.05) is 0 Å². The highest BCUT2D eigenvalue weighted by Gasteiger charge is 2.45. The molecule has 1 aromatic rings. The molecule has 1 saturated carbocycles. The van der Waals surface area contributed by atoms with E-state index in [1.165, 1.54) is 0 Å². The number of hydrogen-bond donors (Lipinski definition) is 1. The van der Waals surface area contributed by atoms with Gasteiger partial charge >= 0.3 is 0 Å². The molecule has 82 valence electrons. The second-order valence-electron chi connectivity index (χ2n) is 4.41. The van der Waals surface area contributed by atoms with Gasteiger partial charge in [0.2, 0.25) is 0 Å². The number of benzene rings is 1. The summed E-state index contributed by atoms with van der Waals surface area (Å²) in [4.78, 5) is -0.0187. The van der Waals surface area contributed by atoms with Gasteiger partial charge in [0, 0.05) is 5.02 Å². The van der Waals surface area contributed by atoms with Gasteiger partial charge in [-0.1, -0.05) is 39.7 Å². The normalized spacial score (nSPS) is 22.1. The summed E-state index contributed by atoms with van der Waals surface area (Å²) in [5.41, 5.74) is 0.421. The molecule has 1 aliphatic rings. The fourth-order valence-electron chi connectivity index (χ4n) is 1.84. The van der Waals surface area contributed by atoms with Crippen LogP contribution < -0.4 is 0 Å². The molecule has 0 spiro atoms. The standard InChI is InChI=1S/C12H14BrClO/c1-12(15,9-4-5-9)11(13)8-2-6-10(14)7-3-8/h2-3,6-7,9,11,15H,4-5H2,1H3. The summed E-state index contributed by atoms with van der Waals surface area (Å²) in [6, 6.07) is 7.62. The smallest absolute Gasteiger partial charge is 0.0812 e. The van der Waals surface area contributed by atoms with Crippen LogP contribution in [0.15, 0.2) is 24.3 Å².